The molecule has 1 N–H and O–H groups in total. The molecule has 140 valence electrons. The molecule has 2 aliphatic rings. The fraction of sp³-hybridized carbons (Fsp3) is 0.905. The van der Waals surface area contributed by atoms with E-state index in [0.717, 1.165) is 25.2 Å². The summed E-state index contributed by atoms with van der Waals surface area (Å²) in [7, 11) is 1.63. The zero-order valence-corrected chi connectivity index (χ0v) is 16.7. The summed E-state index contributed by atoms with van der Waals surface area (Å²) in [5, 5.41) is 11.2. The normalized spacial score (nSPS) is 39.4. The molecule has 2 rings (SSSR count). The Balaban J connectivity index is 2.13. The van der Waals surface area contributed by atoms with Crippen molar-refractivity contribution < 1.29 is 14.6 Å². The molecule has 0 heterocycles. The molecule has 2 aliphatic carbocycles. The van der Waals surface area contributed by atoms with E-state index in [9.17, 15) is 5.11 Å². The molecule has 3 nitrogen and oxygen atoms in total. The number of aliphatic hydroxyl groups is 1. The van der Waals surface area contributed by atoms with E-state index in [1.807, 2.05) is 6.26 Å². The van der Waals surface area contributed by atoms with Crippen molar-refractivity contribution in [3.63, 3.8) is 0 Å². The molecule has 4 unspecified atom stereocenters. The molecule has 0 spiro atoms. The van der Waals surface area contributed by atoms with E-state index in [4.69, 9.17) is 9.47 Å². The van der Waals surface area contributed by atoms with Gasteiger partial charge in [0.05, 0.1) is 11.9 Å². The number of hydrogen-bond donors (Lipinski definition) is 1. The van der Waals surface area contributed by atoms with Crippen molar-refractivity contribution in [1.82, 2.24) is 0 Å². The molecule has 0 aromatic carbocycles. The highest BCUT2D eigenvalue weighted by Gasteiger charge is 2.57. The molecule has 0 bridgehead atoms. The molecule has 0 aliphatic heterocycles. The Labute approximate surface area is 148 Å². The van der Waals surface area contributed by atoms with Crippen molar-refractivity contribution in [2.75, 3.05) is 13.9 Å². The van der Waals surface area contributed by atoms with Gasteiger partial charge in [0, 0.05) is 7.11 Å². The van der Waals surface area contributed by atoms with Crippen LogP contribution in [0.4, 0.5) is 0 Å². The van der Waals surface area contributed by atoms with Gasteiger partial charge in [0.25, 0.3) is 0 Å². The maximum atomic E-state index is 11.2. The molecular weight excluding hydrogens is 300 g/mol. The Morgan fingerprint density at radius 3 is 2.54 bits per heavy atom. The molecule has 0 radical (unpaired) electrons. The first-order chi connectivity index (χ1) is 11.1. The van der Waals surface area contributed by atoms with Crippen molar-refractivity contribution >= 4 is 0 Å². The first-order valence-corrected chi connectivity index (χ1v) is 9.62. The zero-order valence-electron chi connectivity index (χ0n) is 16.7. The van der Waals surface area contributed by atoms with Gasteiger partial charge in [0.1, 0.15) is 0 Å². The number of methoxy groups -OCH3 is 1. The summed E-state index contributed by atoms with van der Waals surface area (Å²) in [6, 6.07) is 0. The van der Waals surface area contributed by atoms with Crippen LogP contribution in [0.1, 0.15) is 79.6 Å². The maximum Gasteiger partial charge on any atom is 0.187 e. The molecule has 0 aromatic heterocycles. The Hall–Kier alpha value is -0.540. The Kier molecular flexibility index (Phi) is 6.08. The summed E-state index contributed by atoms with van der Waals surface area (Å²) >= 11 is 0. The van der Waals surface area contributed by atoms with Gasteiger partial charge in [-0.2, -0.15) is 0 Å². The maximum absolute atomic E-state index is 11.2. The lowest BCUT2D eigenvalue weighted by atomic mass is 9.45. The second-order valence-corrected chi connectivity index (χ2v) is 9.43. The smallest absolute Gasteiger partial charge is 0.187 e. The summed E-state index contributed by atoms with van der Waals surface area (Å²) in [5.74, 6) is 1.08. The lowest BCUT2D eigenvalue weighted by Crippen LogP contribution is -2.57. The molecule has 2 fully saturated rings. The van der Waals surface area contributed by atoms with Crippen LogP contribution in [0.5, 0.6) is 0 Å². The largest absolute Gasteiger partial charge is 0.475 e. The minimum absolute atomic E-state index is 0.247. The van der Waals surface area contributed by atoms with E-state index in [2.05, 4.69) is 34.6 Å². The van der Waals surface area contributed by atoms with Crippen LogP contribution in [0.2, 0.25) is 0 Å². The van der Waals surface area contributed by atoms with E-state index in [1.165, 1.54) is 31.3 Å². The van der Waals surface area contributed by atoms with Crippen molar-refractivity contribution in [3.8, 4) is 0 Å². The minimum atomic E-state index is -0.549. The molecule has 24 heavy (non-hydrogen) atoms. The first kappa shape index (κ1) is 19.8. The van der Waals surface area contributed by atoms with Crippen LogP contribution in [0.25, 0.3) is 0 Å². The van der Waals surface area contributed by atoms with Crippen molar-refractivity contribution in [3.05, 3.63) is 11.8 Å². The molecule has 4 atom stereocenters. The van der Waals surface area contributed by atoms with Crippen LogP contribution in [-0.4, -0.2) is 24.6 Å². The third kappa shape index (κ3) is 3.99. The summed E-state index contributed by atoms with van der Waals surface area (Å²) in [5.41, 5.74) is 1.32. The van der Waals surface area contributed by atoms with Gasteiger partial charge >= 0.3 is 0 Å². The second kappa shape index (κ2) is 7.37. The lowest BCUT2D eigenvalue weighted by Gasteiger charge is -2.61. The van der Waals surface area contributed by atoms with Crippen molar-refractivity contribution in [1.29, 1.82) is 0 Å². The van der Waals surface area contributed by atoms with Gasteiger partial charge in [-0.25, -0.2) is 0 Å². The van der Waals surface area contributed by atoms with Crippen LogP contribution in [0.3, 0.4) is 0 Å². The zero-order chi connectivity index (χ0) is 18.0. The van der Waals surface area contributed by atoms with Crippen molar-refractivity contribution in [2.24, 2.45) is 22.7 Å². The highest BCUT2D eigenvalue weighted by Crippen LogP contribution is 2.62. The van der Waals surface area contributed by atoms with Gasteiger partial charge in [-0.1, -0.05) is 27.2 Å². The van der Waals surface area contributed by atoms with Gasteiger partial charge in [0.15, 0.2) is 6.79 Å². The second-order valence-electron chi connectivity index (χ2n) is 9.43. The molecule has 2 saturated carbocycles. The summed E-state index contributed by atoms with van der Waals surface area (Å²) in [6.07, 6.45) is 9.80. The molecule has 3 heteroatoms. The summed E-state index contributed by atoms with van der Waals surface area (Å²) < 4.78 is 10.3. The standard InChI is InChI=1S/C21H38O3/c1-16(14-24-15-23-6)8-9-18-20(4)12-7-11-19(2,3)17(20)10-13-21(18,5)22/h14,17-18,22H,7-13,15H2,1-6H3/b16-14+. The fourth-order valence-corrected chi connectivity index (χ4v) is 5.94. The van der Waals surface area contributed by atoms with E-state index in [1.54, 1.807) is 7.11 Å². The Morgan fingerprint density at radius 1 is 1.17 bits per heavy atom. The van der Waals surface area contributed by atoms with E-state index in [-0.39, 0.29) is 5.41 Å². The number of hydrogen-bond acceptors (Lipinski definition) is 3. The SMILES string of the molecule is COCO/C=C(\C)CCC1C(C)(O)CCC2C(C)(C)CCCC21C. The quantitative estimate of drug-likeness (QED) is 0.406. The average molecular weight is 339 g/mol. The topological polar surface area (TPSA) is 38.7 Å². The minimum Gasteiger partial charge on any atom is -0.475 e. The third-order valence-electron chi connectivity index (χ3n) is 7.06. The summed E-state index contributed by atoms with van der Waals surface area (Å²) in [6.45, 7) is 11.8. The lowest BCUT2D eigenvalue weighted by molar-refractivity contribution is -0.168. The molecule has 0 amide bonds. The van der Waals surface area contributed by atoms with Crippen LogP contribution < -0.4 is 0 Å². The predicted molar refractivity (Wildman–Crippen MR) is 98.5 cm³/mol. The van der Waals surface area contributed by atoms with Crippen LogP contribution in [0, 0.1) is 22.7 Å². The number of ether oxygens (including phenoxy) is 2. The third-order valence-corrected chi connectivity index (χ3v) is 7.06. The van der Waals surface area contributed by atoms with Gasteiger partial charge in [-0.15, -0.1) is 0 Å². The average Bonchev–Trinajstić information content (AvgIpc) is 2.45. The monoisotopic (exact) mass is 338 g/mol. The highest BCUT2D eigenvalue weighted by molar-refractivity contribution is 5.08. The molecular formula is C21H38O3. The molecule has 0 saturated heterocycles. The van der Waals surface area contributed by atoms with Gasteiger partial charge in [0.2, 0.25) is 0 Å². The number of allylic oxidation sites excluding steroid dienone is 1. The van der Waals surface area contributed by atoms with Gasteiger partial charge in [-0.05, 0) is 80.6 Å². The number of rotatable bonds is 6. The van der Waals surface area contributed by atoms with Gasteiger partial charge in [-0.3, -0.25) is 0 Å². The Morgan fingerprint density at radius 2 is 1.88 bits per heavy atom. The molecule has 0 aromatic rings. The fourth-order valence-electron chi connectivity index (χ4n) is 5.94. The van der Waals surface area contributed by atoms with Crippen LogP contribution in [-0.2, 0) is 9.47 Å². The number of fused-ring (bicyclic) bond motifs is 1. The van der Waals surface area contributed by atoms with Crippen LogP contribution >= 0.6 is 0 Å². The highest BCUT2D eigenvalue weighted by atomic mass is 16.7. The van der Waals surface area contributed by atoms with E-state index in [0.29, 0.717) is 18.1 Å². The van der Waals surface area contributed by atoms with Gasteiger partial charge < -0.3 is 14.6 Å². The predicted octanol–water partition coefficient (Wildman–Crippen LogP) is 5.28. The van der Waals surface area contributed by atoms with E-state index >= 15 is 0 Å². The first-order valence-electron chi connectivity index (χ1n) is 9.62. The summed E-state index contributed by atoms with van der Waals surface area (Å²) in [4.78, 5) is 0. The van der Waals surface area contributed by atoms with E-state index < -0.39 is 5.60 Å². The van der Waals surface area contributed by atoms with Crippen molar-refractivity contribution in [2.45, 2.75) is 85.2 Å². The Bertz CT molecular complexity index is 452. The van der Waals surface area contributed by atoms with Crippen LogP contribution in [0.15, 0.2) is 11.8 Å².